The van der Waals surface area contributed by atoms with E-state index in [9.17, 15) is 18.7 Å². The monoisotopic (exact) mass is 203 g/mol. The smallest absolute Gasteiger partial charge is 0.387 e. The molecule has 0 atom stereocenters. The first kappa shape index (κ1) is 10.2. The molecule has 0 unspecified atom stereocenters. The average Bonchev–Trinajstić information content (AvgIpc) is 2.01. The van der Waals surface area contributed by atoms with Crippen LogP contribution in [-0.4, -0.2) is 17.7 Å². The Bertz CT molecular complexity index is 351. The molecule has 6 heteroatoms. The Morgan fingerprint density at radius 2 is 2.14 bits per heavy atom. The molecule has 1 rings (SSSR count). The van der Waals surface area contributed by atoms with Gasteiger partial charge in [-0.3, -0.25) is 0 Å². The number of halogens is 2. The van der Waals surface area contributed by atoms with E-state index in [4.69, 9.17) is 5.11 Å². The van der Waals surface area contributed by atoms with Gasteiger partial charge >= 0.3 is 12.6 Å². The van der Waals surface area contributed by atoms with Crippen LogP contribution in [0.1, 0.15) is 10.4 Å². The van der Waals surface area contributed by atoms with Crippen molar-refractivity contribution in [3.05, 3.63) is 23.8 Å². The van der Waals surface area contributed by atoms with Crippen LogP contribution in [0.25, 0.3) is 0 Å². The summed E-state index contributed by atoms with van der Waals surface area (Å²) >= 11 is 0. The minimum absolute atomic E-state index is 0.468. The molecule has 14 heavy (non-hydrogen) atoms. The van der Waals surface area contributed by atoms with Gasteiger partial charge in [0.1, 0.15) is 11.3 Å². The maximum atomic E-state index is 11.8. The van der Waals surface area contributed by atoms with E-state index >= 15 is 0 Å². The molecule has 0 saturated heterocycles. The van der Waals surface area contributed by atoms with Crippen molar-refractivity contribution in [3.8, 4) is 11.5 Å². The van der Waals surface area contributed by atoms with Crippen molar-refractivity contribution in [3.63, 3.8) is 0 Å². The third-order valence-corrected chi connectivity index (χ3v) is 1.40. The predicted octanol–water partition coefficient (Wildman–Crippen LogP) is 1.06. The van der Waals surface area contributed by atoms with Gasteiger partial charge in [0.05, 0.1) is 0 Å². The minimum atomic E-state index is -3.16. The van der Waals surface area contributed by atoms with E-state index in [-0.39, 0.29) is 0 Å². The third kappa shape index (κ3) is 2.32. The Morgan fingerprint density at radius 3 is 2.64 bits per heavy atom. The lowest BCUT2D eigenvalue weighted by Gasteiger charge is -2.11. The van der Waals surface area contributed by atoms with Crippen LogP contribution in [0.4, 0.5) is 8.78 Å². The fraction of sp³-hybridized carbons (Fsp3) is 0.125. The number of carboxylic acids is 1. The molecular formula is C8H5F2O4-. The normalized spacial score (nSPS) is 10.2. The van der Waals surface area contributed by atoms with Gasteiger partial charge in [0, 0.05) is 0 Å². The van der Waals surface area contributed by atoms with E-state index in [1.165, 1.54) is 0 Å². The number of benzene rings is 1. The molecule has 0 amide bonds. The first-order valence-corrected chi connectivity index (χ1v) is 3.50. The highest BCUT2D eigenvalue weighted by atomic mass is 19.3. The van der Waals surface area contributed by atoms with E-state index in [0.29, 0.717) is 6.07 Å². The molecule has 0 radical (unpaired) electrons. The van der Waals surface area contributed by atoms with Gasteiger partial charge in [0.2, 0.25) is 0 Å². The summed E-state index contributed by atoms with van der Waals surface area (Å²) in [6, 6.07) is 2.58. The average molecular weight is 203 g/mol. The highest BCUT2D eigenvalue weighted by molar-refractivity contribution is 5.91. The molecule has 4 nitrogen and oxygen atoms in total. The fourth-order valence-corrected chi connectivity index (χ4v) is 0.873. The summed E-state index contributed by atoms with van der Waals surface area (Å²) in [5, 5.41) is 19.3. The molecule has 0 spiro atoms. The van der Waals surface area contributed by atoms with Gasteiger partial charge in [-0.05, 0) is 12.1 Å². The lowest BCUT2D eigenvalue weighted by atomic mass is 10.2. The number of carbonyl (C=O) groups is 1. The number of hydrogen-bond donors (Lipinski definition) is 1. The number of ether oxygens (including phenoxy) is 1. The number of aromatic carboxylic acids is 1. The zero-order valence-electron chi connectivity index (χ0n) is 6.74. The molecular weight excluding hydrogens is 198 g/mol. The van der Waals surface area contributed by atoms with Gasteiger partial charge in [-0.1, -0.05) is 6.07 Å². The number of hydrogen-bond acceptors (Lipinski definition) is 3. The summed E-state index contributed by atoms with van der Waals surface area (Å²) in [6.45, 7) is -3.16. The lowest BCUT2D eigenvalue weighted by molar-refractivity contribution is -0.268. The lowest BCUT2D eigenvalue weighted by Crippen LogP contribution is -2.08. The van der Waals surface area contributed by atoms with Crippen LogP contribution in [-0.2, 0) is 0 Å². The van der Waals surface area contributed by atoms with E-state index < -0.39 is 29.6 Å². The molecule has 0 saturated carbocycles. The second-order valence-electron chi connectivity index (χ2n) is 2.34. The van der Waals surface area contributed by atoms with Crippen molar-refractivity contribution in [2.45, 2.75) is 6.61 Å². The van der Waals surface area contributed by atoms with Crippen molar-refractivity contribution in [1.29, 1.82) is 0 Å². The van der Waals surface area contributed by atoms with Gasteiger partial charge in [-0.15, -0.1) is 5.75 Å². The largest absolute Gasteiger partial charge is 0.872 e. The Morgan fingerprint density at radius 1 is 1.50 bits per heavy atom. The Kier molecular flexibility index (Phi) is 2.85. The SMILES string of the molecule is O=C(O)c1ccc([O-])cc1OC(F)F. The maximum Gasteiger partial charge on any atom is 0.387 e. The highest BCUT2D eigenvalue weighted by Crippen LogP contribution is 2.24. The molecule has 0 aliphatic carbocycles. The van der Waals surface area contributed by atoms with E-state index in [2.05, 4.69) is 4.74 Å². The zero-order valence-corrected chi connectivity index (χ0v) is 6.74. The van der Waals surface area contributed by atoms with E-state index in [1.54, 1.807) is 0 Å². The van der Waals surface area contributed by atoms with E-state index in [0.717, 1.165) is 12.1 Å². The first-order chi connectivity index (χ1) is 6.50. The van der Waals surface area contributed by atoms with Gasteiger partial charge in [0.25, 0.3) is 0 Å². The molecule has 0 aliphatic rings. The molecule has 1 N–H and O–H groups in total. The van der Waals surface area contributed by atoms with Gasteiger partial charge in [0.15, 0.2) is 0 Å². The Balaban J connectivity index is 3.09. The molecule has 0 aromatic heterocycles. The van der Waals surface area contributed by atoms with Crippen LogP contribution >= 0.6 is 0 Å². The summed E-state index contributed by atoms with van der Waals surface area (Å²) < 4.78 is 27.4. The summed E-state index contributed by atoms with van der Waals surface area (Å²) in [4.78, 5) is 10.5. The summed E-state index contributed by atoms with van der Waals surface area (Å²) in [5.74, 6) is -2.65. The van der Waals surface area contributed by atoms with Crippen LogP contribution < -0.4 is 9.84 Å². The molecule has 0 heterocycles. The van der Waals surface area contributed by atoms with Crippen molar-refractivity contribution < 1.29 is 28.5 Å². The Hall–Kier alpha value is -1.85. The topological polar surface area (TPSA) is 69.6 Å². The van der Waals surface area contributed by atoms with Crippen LogP contribution in [0.15, 0.2) is 18.2 Å². The molecule has 76 valence electrons. The minimum Gasteiger partial charge on any atom is -0.872 e. The standard InChI is InChI=1S/C8H6F2O4/c9-8(10)14-6-3-4(11)1-2-5(6)7(12)13/h1-3,8,11H,(H,12,13)/p-1. The Labute approximate surface area is 77.4 Å². The van der Waals surface area contributed by atoms with Crippen LogP contribution in [0.3, 0.4) is 0 Å². The third-order valence-electron chi connectivity index (χ3n) is 1.40. The number of carboxylic acid groups (broad SMARTS) is 1. The predicted molar refractivity (Wildman–Crippen MR) is 39.5 cm³/mol. The summed E-state index contributed by atoms with van der Waals surface area (Å²) in [6.07, 6.45) is 0. The second kappa shape index (κ2) is 3.91. The molecule has 0 bridgehead atoms. The van der Waals surface area contributed by atoms with Crippen molar-refractivity contribution in [2.75, 3.05) is 0 Å². The molecule has 1 aromatic carbocycles. The zero-order chi connectivity index (χ0) is 10.7. The van der Waals surface area contributed by atoms with Crippen LogP contribution in [0, 0.1) is 0 Å². The quantitative estimate of drug-likeness (QED) is 0.797. The fourth-order valence-electron chi connectivity index (χ4n) is 0.873. The van der Waals surface area contributed by atoms with Crippen molar-refractivity contribution in [1.82, 2.24) is 0 Å². The highest BCUT2D eigenvalue weighted by Gasteiger charge is 2.13. The summed E-state index contributed by atoms with van der Waals surface area (Å²) in [5.41, 5.74) is -0.468. The van der Waals surface area contributed by atoms with Crippen LogP contribution in [0.5, 0.6) is 11.5 Å². The number of rotatable bonds is 3. The van der Waals surface area contributed by atoms with Crippen molar-refractivity contribution in [2.24, 2.45) is 0 Å². The molecule has 1 aromatic rings. The van der Waals surface area contributed by atoms with Crippen LogP contribution in [0.2, 0.25) is 0 Å². The maximum absolute atomic E-state index is 11.8. The number of alkyl halides is 2. The second-order valence-corrected chi connectivity index (χ2v) is 2.34. The van der Waals surface area contributed by atoms with Gasteiger partial charge in [-0.25, -0.2) is 4.79 Å². The molecule has 0 fully saturated rings. The summed E-state index contributed by atoms with van der Waals surface area (Å²) in [7, 11) is 0. The first-order valence-electron chi connectivity index (χ1n) is 3.50. The van der Waals surface area contributed by atoms with E-state index in [1.807, 2.05) is 0 Å². The van der Waals surface area contributed by atoms with Gasteiger partial charge in [-0.2, -0.15) is 8.78 Å². The molecule has 0 aliphatic heterocycles. The van der Waals surface area contributed by atoms with Gasteiger partial charge < -0.3 is 14.9 Å². The van der Waals surface area contributed by atoms with Crippen molar-refractivity contribution >= 4 is 5.97 Å².